The van der Waals surface area contributed by atoms with Crippen molar-refractivity contribution >= 4 is 17.6 Å². The van der Waals surface area contributed by atoms with E-state index in [9.17, 15) is 0 Å². The molecule has 1 unspecified atom stereocenters. The van der Waals surface area contributed by atoms with Gasteiger partial charge in [-0.05, 0) is 43.0 Å². The van der Waals surface area contributed by atoms with Crippen molar-refractivity contribution in [3.8, 4) is 0 Å². The van der Waals surface area contributed by atoms with Gasteiger partial charge in [0.05, 0.1) is 0 Å². The molecular weight excluding hydrogens is 254 g/mol. The highest BCUT2D eigenvalue weighted by Gasteiger charge is 2.21. The molecule has 4 heteroatoms. The zero-order chi connectivity index (χ0) is 13.1. The minimum atomic E-state index is 0.608. The Morgan fingerprint density at radius 3 is 2.95 bits per heavy atom. The Morgan fingerprint density at radius 2 is 2.16 bits per heavy atom. The van der Waals surface area contributed by atoms with E-state index >= 15 is 0 Å². The largest absolute Gasteiger partial charge is 0.384 e. The number of nitrogens with two attached hydrogens (primary N) is 1. The minimum Gasteiger partial charge on any atom is -0.384 e. The molecule has 0 aromatic heterocycles. The summed E-state index contributed by atoms with van der Waals surface area (Å²) in [6.07, 6.45) is 3.81. The van der Waals surface area contributed by atoms with Gasteiger partial charge in [0, 0.05) is 37.0 Å². The van der Waals surface area contributed by atoms with Gasteiger partial charge in [-0.1, -0.05) is 24.1 Å². The average Bonchev–Trinajstić information content (AvgIpc) is 3.07. The van der Waals surface area contributed by atoms with Gasteiger partial charge in [0.1, 0.15) is 0 Å². The summed E-state index contributed by atoms with van der Waals surface area (Å²) >= 11 is 1.99. The summed E-state index contributed by atoms with van der Waals surface area (Å²) in [5.41, 5.74) is 9.94. The fourth-order valence-corrected chi connectivity index (χ4v) is 4.01. The van der Waals surface area contributed by atoms with E-state index in [1.54, 1.807) is 0 Å². The molecule has 3 rings (SSSR count). The highest BCUT2D eigenvalue weighted by atomic mass is 32.2. The third kappa shape index (κ3) is 3.07. The number of hydrogen-bond acceptors (Lipinski definition) is 4. The van der Waals surface area contributed by atoms with Gasteiger partial charge in [0.2, 0.25) is 0 Å². The fourth-order valence-electron chi connectivity index (χ4n) is 2.99. The molecule has 0 radical (unpaired) electrons. The second-order valence-corrected chi connectivity index (χ2v) is 6.55. The standard InChI is InChI=1S/C15H23N3S/c16-6-5-13-10-17-15-4-3-12(9-14(13)15)11-19-18-7-1-2-8-18/h3-4,9,13,17H,1-2,5-8,10-11,16H2. The Bertz CT molecular complexity index is 427. The molecule has 2 heterocycles. The monoisotopic (exact) mass is 277 g/mol. The molecule has 1 fully saturated rings. The highest BCUT2D eigenvalue weighted by molar-refractivity contribution is 7.96. The molecular formula is C15H23N3S. The molecule has 0 saturated carbocycles. The molecule has 0 amide bonds. The summed E-state index contributed by atoms with van der Waals surface area (Å²) in [5, 5.41) is 3.49. The predicted octanol–water partition coefficient (Wildman–Crippen LogP) is 2.79. The Hall–Kier alpha value is -0.710. The molecule has 3 N–H and O–H groups in total. The van der Waals surface area contributed by atoms with Crippen LogP contribution in [0.25, 0.3) is 0 Å². The van der Waals surface area contributed by atoms with Crippen LogP contribution in [0.2, 0.25) is 0 Å². The number of rotatable bonds is 5. The quantitative estimate of drug-likeness (QED) is 0.812. The molecule has 1 saturated heterocycles. The third-order valence-corrected chi connectivity index (χ3v) is 5.28. The normalized spacial score (nSPS) is 22.5. The Kier molecular flexibility index (Phi) is 4.31. The van der Waals surface area contributed by atoms with Crippen molar-refractivity contribution in [1.29, 1.82) is 0 Å². The van der Waals surface area contributed by atoms with E-state index in [-0.39, 0.29) is 0 Å². The lowest BCUT2D eigenvalue weighted by atomic mass is 9.96. The first kappa shape index (κ1) is 13.3. The maximum Gasteiger partial charge on any atom is 0.0376 e. The van der Waals surface area contributed by atoms with E-state index in [2.05, 4.69) is 27.8 Å². The summed E-state index contributed by atoms with van der Waals surface area (Å²) in [7, 11) is 0. The molecule has 19 heavy (non-hydrogen) atoms. The molecule has 2 aliphatic rings. The van der Waals surface area contributed by atoms with Gasteiger partial charge < -0.3 is 11.1 Å². The number of anilines is 1. The third-order valence-electron chi connectivity index (χ3n) is 4.09. The summed E-state index contributed by atoms with van der Waals surface area (Å²) in [5.74, 6) is 1.71. The molecule has 1 atom stereocenters. The molecule has 1 aromatic carbocycles. The van der Waals surface area contributed by atoms with Crippen LogP contribution in [0.3, 0.4) is 0 Å². The Morgan fingerprint density at radius 1 is 1.32 bits per heavy atom. The highest BCUT2D eigenvalue weighted by Crippen LogP contribution is 2.35. The second-order valence-electron chi connectivity index (χ2n) is 5.49. The van der Waals surface area contributed by atoms with E-state index in [4.69, 9.17) is 5.73 Å². The number of fused-ring (bicyclic) bond motifs is 1. The van der Waals surface area contributed by atoms with Gasteiger partial charge in [-0.3, -0.25) is 4.31 Å². The van der Waals surface area contributed by atoms with Crippen LogP contribution in [0.4, 0.5) is 5.69 Å². The average molecular weight is 277 g/mol. The number of nitrogens with one attached hydrogen (secondary N) is 1. The summed E-state index contributed by atoms with van der Waals surface area (Å²) in [6, 6.07) is 6.89. The maximum atomic E-state index is 5.71. The number of hydrogen-bond donors (Lipinski definition) is 2. The molecule has 0 spiro atoms. The fraction of sp³-hybridized carbons (Fsp3) is 0.600. The number of nitrogens with zero attached hydrogens (tertiary/aromatic N) is 1. The predicted molar refractivity (Wildman–Crippen MR) is 83.4 cm³/mol. The SMILES string of the molecule is NCCC1CNc2ccc(CSN3CCCC3)cc21. The van der Waals surface area contributed by atoms with E-state index in [0.717, 1.165) is 25.3 Å². The lowest BCUT2D eigenvalue weighted by Gasteiger charge is -2.14. The molecule has 1 aromatic rings. The first-order valence-electron chi connectivity index (χ1n) is 7.31. The Labute approximate surface area is 120 Å². The van der Waals surface area contributed by atoms with Crippen molar-refractivity contribution in [1.82, 2.24) is 4.31 Å². The van der Waals surface area contributed by atoms with Crippen LogP contribution < -0.4 is 11.1 Å². The van der Waals surface area contributed by atoms with Gasteiger partial charge in [-0.25, -0.2) is 0 Å². The van der Waals surface area contributed by atoms with Crippen LogP contribution in [-0.4, -0.2) is 30.5 Å². The van der Waals surface area contributed by atoms with Crippen molar-refractivity contribution in [3.05, 3.63) is 29.3 Å². The van der Waals surface area contributed by atoms with Crippen molar-refractivity contribution in [2.24, 2.45) is 5.73 Å². The van der Waals surface area contributed by atoms with Gasteiger partial charge in [0.15, 0.2) is 0 Å². The molecule has 3 nitrogen and oxygen atoms in total. The van der Waals surface area contributed by atoms with Crippen LogP contribution in [0.1, 0.15) is 36.3 Å². The number of benzene rings is 1. The van der Waals surface area contributed by atoms with Crippen LogP contribution in [-0.2, 0) is 5.75 Å². The Balaban J connectivity index is 1.64. The maximum absolute atomic E-state index is 5.71. The smallest absolute Gasteiger partial charge is 0.0376 e. The summed E-state index contributed by atoms with van der Waals surface area (Å²) < 4.78 is 2.50. The van der Waals surface area contributed by atoms with E-state index in [1.165, 1.54) is 42.7 Å². The lowest BCUT2D eigenvalue weighted by Crippen LogP contribution is -2.10. The van der Waals surface area contributed by atoms with Crippen molar-refractivity contribution in [2.45, 2.75) is 30.9 Å². The van der Waals surface area contributed by atoms with Gasteiger partial charge in [-0.2, -0.15) is 0 Å². The van der Waals surface area contributed by atoms with Crippen LogP contribution in [0.15, 0.2) is 18.2 Å². The lowest BCUT2D eigenvalue weighted by molar-refractivity contribution is 0.586. The zero-order valence-corrected chi connectivity index (χ0v) is 12.2. The second kappa shape index (κ2) is 6.16. The van der Waals surface area contributed by atoms with Gasteiger partial charge in [-0.15, -0.1) is 0 Å². The van der Waals surface area contributed by atoms with E-state index in [0.29, 0.717) is 5.92 Å². The van der Waals surface area contributed by atoms with Crippen LogP contribution >= 0.6 is 11.9 Å². The molecule has 104 valence electrons. The first-order chi connectivity index (χ1) is 9.36. The van der Waals surface area contributed by atoms with Crippen LogP contribution in [0.5, 0.6) is 0 Å². The minimum absolute atomic E-state index is 0.608. The molecule has 0 bridgehead atoms. The van der Waals surface area contributed by atoms with Gasteiger partial charge >= 0.3 is 0 Å². The molecule has 0 aliphatic carbocycles. The first-order valence-corrected chi connectivity index (χ1v) is 8.25. The summed E-state index contributed by atoms with van der Waals surface area (Å²) in [4.78, 5) is 0. The van der Waals surface area contributed by atoms with Crippen molar-refractivity contribution in [3.63, 3.8) is 0 Å². The molecule has 2 aliphatic heterocycles. The topological polar surface area (TPSA) is 41.3 Å². The van der Waals surface area contributed by atoms with E-state index in [1.807, 2.05) is 11.9 Å². The van der Waals surface area contributed by atoms with Crippen molar-refractivity contribution < 1.29 is 0 Å². The summed E-state index contributed by atoms with van der Waals surface area (Å²) in [6.45, 7) is 4.34. The van der Waals surface area contributed by atoms with Crippen LogP contribution in [0, 0.1) is 0 Å². The zero-order valence-electron chi connectivity index (χ0n) is 11.4. The van der Waals surface area contributed by atoms with Crippen molar-refractivity contribution in [2.75, 3.05) is 31.5 Å². The van der Waals surface area contributed by atoms with Gasteiger partial charge in [0.25, 0.3) is 0 Å². The van der Waals surface area contributed by atoms with E-state index < -0.39 is 0 Å².